The first kappa shape index (κ1) is 16.7. The van der Waals surface area contributed by atoms with Gasteiger partial charge in [-0.25, -0.2) is 4.98 Å². The number of carbonyl (C=O) groups is 1. The second kappa shape index (κ2) is 7.18. The summed E-state index contributed by atoms with van der Waals surface area (Å²) in [4.78, 5) is 16.6. The number of rotatable bonds is 5. The predicted octanol–water partition coefficient (Wildman–Crippen LogP) is 4.12. The van der Waals surface area contributed by atoms with Crippen molar-refractivity contribution in [2.75, 3.05) is 0 Å². The third-order valence-corrected chi connectivity index (χ3v) is 4.40. The average Bonchev–Trinajstić information content (AvgIpc) is 2.90. The quantitative estimate of drug-likeness (QED) is 0.717. The molecule has 5 heteroatoms. The van der Waals surface area contributed by atoms with Gasteiger partial charge in [0.25, 0.3) is 0 Å². The molecule has 3 aromatic rings. The highest BCUT2D eigenvalue weighted by Gasteiger charge is 2.13. The molecule has 2 aromatic carbocycles. The molecule has 0 spiro atoms. The number of benzene rings is 2. The van der Waals surface area contributed by atoms with Crippen LogP contribution in [0.25, 0.3) is 11.0 Å². The summed E-state index contributed by atoms with van der Waals surface area (Å²) >= 11 is 3.52. The summed E-state index contributed by atoms with van der Waals surface area (Å²) in [7, 11) is 0. The maximum Gasteiger partial charge on any atom is 0.222 e. The van der Waals surface area contributed by atoms with Gasteiger partial charge in [0.1, 0.15) is 5.82 Å². The molecular weight excluding hydrogens is 366 g/mol. The van der Waals surface area contributed by atoms with Crippen molar-refractivity contribution in [2.45, 2.75) is 26.9 Å². The molecule has 0 aliphatic carbocycles. The van der Waals surface area contributed by atoms with Crippen molar-refractivity contribution in [1.29, 1.82) is 0 Å². The molecule has 0 saturated carbocycles. The molecule has 0 radical (unpaired) electrons. The molecule has 4 nitrogen and oxygen atoms in total. The van der Waals surface area contributed by atoms with Gasteiger partial charge in [0.2, 0.25) is 5.91 Å². The minimum atomic E-state index is -0.0343. The number of para-hydroxylation sites is 2. The van der Waals surface area contributed by atoms with Gasteiger partial charge in [-0.15, -0.1) is 0 Å². The molecule has 0 bridgehead atoms. The molecule has 0 aliphatic rings. The molecule has 1 heterocycles. The smallest absolute Gasteiger partial charge is 0.222 e. The molecule has 1 N–H and O–H groups in total. The van der Waals surface area contributed by atoms with Crippen molar-refractivity contribution >= 4 is 32.9 Å². The van der Waals surface area contributed by atoms with Gasteiger partial charge < -0.3 is 9.88 Å². The Morgan fingerprint density at radius 1 is 1.21 bits per heavy atom. The molecule has 0 atom stereocenters. The minimum absolute atomic E-state index is 0.0343. The number of aromatic nitrogens is 2. The van der Waals surface area contributed by atoms with Gasteiger partial charge in [-0.2, -0.15) is 0 Å². The third kappa shape index (κ3) is 3.67. The number of hydrogen-bond donors (Lipinski definition) is 1. The highest BCUT2D eigenvalue weighted by molar-refractivity contribution is 9.10. The van der Waals surface area contributed by atoms with E-state index in [4.69, 9.17) is 4.98 Å². The monoisotopic (exact) mass is 385 g/mol. The summed E-state index contributed by atoms with van der Waals surface area (Å²) in [6.45, 7) is 4.92. The molecule has 3 rings (SSSR count). The van der Waals surface area contributed by atoms with Gasteiger partial charge >= 0.3 is 0 Å². The zero-order valence-corrected chi connectivity index (χ0v) is 15.4. The van der Waals surface area contributed by atoms with Crippen molar-refractivity contribution in [1.82, 2.24) is 14.9 Å². The van der Waals surface area contributed by atoms with Crippen molar-refractivity contribution in [3.8, 4) is 0 Å². The molecule has 124 valence electrons. The Morgan fingerprint density at radius 2 is 2.00 bits per heavy atom. The topological polar surface area (TPSA) is 46.9 Å². The molecule has 0 unspecified atom stereocenters. The van der Waals surface area contributed by atoms with Crippen molar-refractivity contribution in [3.05, 3.63) is 64.4 Å². The maximum atomic E-state index is 11.9. The van der Waals surface area contributed by atoms with Crippen molar-refractivity contribution in [3.63, 3.8) is 0 Å². The van der Waals surface area contributed by atoms with Crippen LogP contribution in [0.2, 0.25) is 0 Å². The summed E-state index contributed by atoms with van der Waals surface area (Å²) in [6, 6.07) is 16.3. The van der Waals surface area contributed by atoms with E-state index in [-0.39, 0.29) is 11.8 Å². The first-order valence-electron chi connectivity index (χ1n) is 8.01. The second-order valence-electron chi connectivity index (χ2n) is 6.11. The van der Waals surface area contributed by atoms with Crippen LogP contribution >= 0.6 is 15.9 Å². The number of nitrogens with zero attached hydrogens (tertiary/aromatic N) is 2. The fourth-order valence-corrected chi connectivity index (χ4v) is 3.07. The number of fused-ring (bicyclic) bond motifs is 1. The number of nitrogens with one attached hydrogen (secondary N) is 1. The minimum Gasteiger partial charge on any atom is -0.349 e. The standard InChI is InChI=1S/C19H20BrN3O/c1-13(2)19(24)21-11-18-22-16-8-3-4-9-17(16)23(18)12-14-6-5-7-15(20)10-14/h3-10,13H,11-12H2,1-2H3,(H,21,24). The first-order valence-corrected chi connectivity index (χ1v) is 8.80. The van der Waals surface area contributed by atoms with Gasteiger partial charge in [0, 0.05) is 16.9 Å². The van der Waals surface area contributed by atoms with Gasteiger partial charge in [-0.3, -0.25) is 4.79 Å². The Balaban J connectivity index is 1.94. The van der Waals surface area contributed by atoms with Crippen LogP contribution < -0.4 is 5.32 Å². The summed E-state index contributed by atoms with van der Waals surface area (Å²) in [6.07, 6.45) is 0. The lowest BCUT2D eigenvalue weighted by atomic mass is 10.2. The van der Waals surface area contributed by atoms with Crippen molar-refractivity contribution < 1.29 is 4.79 Å². The molecule has 0 saturated heterocycles. The lowest BCUT2D eigenvalue weighted by Gasteiger charge is -2.11. The molecule has 0 fully saturated rings. The number of halogens is 1. The SMILES string of the molecule is CC(C)C(=O)NCc1nc2ccccc2n1Cc1cccc(Br)c1. The van der Waals surface area contributed by atoms with E-state index in [0.717, 1.165) is 21.3 Å². The summed E-state index contributed by atoms with van der Waals surface area (Å²) in [5, 5.41) is 2.97. The van der Waals surface area contributed by atoms with Crippen LogP contribution in [0, 0.1) is 5.92 Å². The zero-order valence-electron chi connectivity index (χ0n) is 13.8. The van der Waals surface area contributed by atoms with Crippen LogP contribution in [0.1, 0.15) is 25.2 Å². The number of hydrogen-bond acceptors (Lipinski definition) is 2. The van der Waals surface area contributed by atoms with E-state index in [1.54, 1.807) is 0 Å². The van der Waals surface area contributed by atoms with Gasteiger partial charge in [0.05, 0.1) is 17.6 Å². The molecular formula is C19H20BrN3O. The van der Waals surface area contributed by atoms with Crippen LogP contribution in [0.5, 0.6) is 0 Å². The molecule has 0 aliphatic heterocycles. The van der Waals surface area contributed by atoms with Crippen LogP contribution in [0.15, 0.2) is 53.0 Å². The highest BCUT2D eigenvalue weighted by atomic mass is 79.9. The van der Waals surface area contributed by atoms with Gasteiger partial charge in [-0.1, -0.05) is 54.0 Å². The van der Waals surface area contributed by atoms with Gasteiger partial charge in [-0.05, 0) is 29.8 Å². The van der Waals surface area contributed by atoms with Crippen molar-refractivity contribution in [2.24, 2.45) is 5.92 Å². The third-order valence-electron chi connectivity index (χ3n) is 3.91. The largest absolute Gasteiger partial charge is 0.349 e. The number of carbonyl (C=O) groups excluding carboxylic acids is 1. The lowest BCUT2D eigenvalue weighted by Crippen LogP contribution is -2.28. The van der Waals surface area contributed by atoms with E-state index in [9.17, 15) is 4.79 Å². The second-order valence-corrected chi connectivity index (χ2v) is 7.02. The summed E-state index contributed by atoms with van der Waals surface area (Å²) in [5.41, 5.74) is 3.21. The Hall–Kier alpha value is -2.14. The zero-order chi connectivity index (χ0) is 17.1. The molecule has 1 amide bonds. The summed E-state index contributed by atoms with van der Waals surface area (Å²) < 4.78 is 3.22. The van der Waals surface area contributed by atoms with E-state index in [2.05, 4.69) is 44.0 Å². The lowest BCUT2D eigenvalue weighted by molar-refractivity contribution is -0.124. The molecule has 1 aromatic heterocycles. The van der Waals surface area contributed by atoms with Crippen LogP contribution in [-0.4, -0.2) is 15.5 Å². The molecule has 24 heavy (non-hydrogen) atoms. The maximum absolute atomic E-state index is 11.9. The van der Waals surface area contributed by atoms with E-state index >= 15 is 0 Å². The van der Waals surface area contributed by atoms with E-state index in [1.165, 1.54) is 5.56 Å². The van der Waals surface area contributed by atoms with Crippen LogP contribution in [0.4, 0.5) is 0 Å². The summed E-state index contributed by atoms with van der Waals surface area (Å²) in [5.74, 6) is 0.870. The van der Waals surface area contributed by atoms with E-state index < -0.39 is 0 Å². The van der Waals surface area contributed by atoms with Crippen LogP contribution in [0.3, 0.4) is 0 Å². The van der Waals surface area contributed by atoms with Gasteiger partial charge in [0.15, 0.2) is 0 Å². The highest BCUT2D eigenvalue weighted by Crippen LogP contribution is 2.19. The Morgan fingerprint density at radius 3 is 2.75 bits per heavy atom. The Labute approximate surface area is 150 Å². The fraction of sp³-hybridized carbons (Fsp3) is 0.263. The Bertz CT molecular complexity index is 870. The normalized spacial score (nSPS) is 11.2. The number of imidazole rings is 1. The average molecular weight is 386 g/mol. The first-order chi connectivity index (χ1) is 11.5. The van der Waals surface area contributed by atoms with Crippen LogP contribution in [-0.2, 0) is 17.9 Å². The van der Waals surface area contributed by atoms with E-state index in [0.29, 0.717) is 13.1 Å². The fourth-order valence-electron chi connectivity index (χ4n) is 2.62. The Kier molecular flexibility index (Phi) is 5.00. The number of amides is 1. The van der Waals surface area contributed by atoms with E-state index in [1.807, 2.05) is 44.2 Å². The predicted molar refractivity (Wildman–Crippen MR) is 99.7 cm³/mol.